The molecular formula is C20H38N2. The first kappa shape index (κ1) is 16.8. The van der Waals surface area contributed by atoms with Crippen LogP contribution in [-0.2, 0) is 0 Å². The van der Waals surface area contributed by atoms with E-state index in [9.17, 15) is 0 Å². The highest BCUT2D eigenvalue weighted by Crippen LogP contribution is 2.29. The molecule has 3 fully saturated rings. The first-order valence-corrected chi connectivity index (χ1v) is 10.3. The lowest BCUT2D eigenvalue weighted by Gasteiger charge is -2.29. The van der Waals surface area contributed by atoms with Gasteiger partial charge in [0.25, 0.3) is 0 Å². The number of rotatable bonds is 8. The third-order valence-corrected chi connectivity index (χ3v) is 6.65. The van der Waals surface area contributed by atoms with E-state index in [4.69, 9.17) is 0 Å². The molecule has 0 aromatic heterocycles. The fourth-order valence-electron chi connectivity index (χ4n) is 5.05. The molecule has 3 aliphatic rings. The predicted octanol–water partition coefficient (Wildman–Crippen LogP) is 4.35. The molecule has 2 nitrogen and oxygen atoms in total. The van der Waals surface area contributed by atoms with Crippen LogP contribution in [0.25, 0.3) is 0 Å². The van der Waals surface area contributed by atoms with Crippen molar-refractivity contribution in [3.63, 3.8) is 0 Å². The van der Waals surface area contributed by atoms with Crippen molar-refractivity contribution < 1.29 is 0 Å². The van der Waals surface area contributed by atoms with Crippen molar-refractivity contribution in [3.05, 3.63) is 0 Å². The lowest BCUT2D eigenvalue weighted by atomic mass is 9.82. The zero-order valence-electron chi connectivity index (χ0n) is 14.6. The summed E-state index contributed by atoms with van der Waals surface area (Å²) in [6.45, 7) is 5.17. The Kier molecular flexibility index (Phi) is 7.07. The molecule has 0 spiro atoms. The van der Waals surface area contributed by atoms with Gasteiger partial charge in [0.05, 0.1) is 0 Å². The van der Waals surface area contributed by atoms with E-state index in [1.54, 1.807) is 0 Å². The van der Waals surface area contributed by atoms with Gasteiger partial charge in [-0.3, -0.25) is 0 Å². The van der Waals surface area contributed by atoms with Crippen LogP contribution in [0.5, 0.6) is 0 Å². The quantitative estimate of drug-likeness (QED) is 0.696. The maximum absolute atomic E-state index is 3.78. The smallest absolute Gasteiger partial charge is 0.00204 e. The summed E-state index contributed by atoms with van der Waals surface area (Å²) in [6, 6.07) is 0. The van der Waals surface area contributed by atoms with E-state index in [2.05, 4.69) is 10.6 Å². The molecule has 128 valence electrons. The number of hydrogen-bond donors (Lipinski definition) is 2. The molecule has 0 atom stereocenters. The van der Waals surface area contributed by atoms with E-state index >= 15 is 0 Å². The summed E-state index contributed by atoms with van der Waals surface area (Å²) in [5, 5.41) is 7.55. The summed E-state index contributed by atoms with van der Waals surface area (Å²) in [6.07, 6.45) is 17.7. The van der Waals surface area contributed by atoms with Gasteiger partial charge in [-0.05, 0) is 101 Å². The van der Waals surface area contributed by atoms with Crippen LogP contribution < -0.4 is 10.6 Å². The largest absolute Gasteiger partial charge is 0.316 e. The highest BCUT2D eigenvalue weighted by molar-refractivity contribution is 4.78. The van der Waals surface area contributed by atoms with Gasteiger partial charge in [-0.2, -0.15) is 0 Å². The molecule has 0 unspecified atom stereocenters. The van der Waals surface area contributed by atoms with Crippen LogP contribution in [0.1, 0.15) is 77.0 Å². The molecule has 0 saturated heterocycles. The molecule has 0 amide bonds. The van der Waals surface area contributed by atoms with Gasteiger partial charge in [-0.25, -0.2) is 0 Å². The van der Waals surface area contributed by atoms with Crippen LogP contribution >= 0.6 is 0 Å². The lowest BCUT2D eigenvalue weighted by molar-refractivity contribution is 0.255. The van der Waals surface area contributed by atoms with E-state index in [-0.39, 0.29) is 0 Å². The summed E-state index contributed by atoms with van der Waals surface area (Å²) >= 11 is 0. The molecule has 22 heavy (non-hydrogen) atoms. The maximum Gasteiger partial charge on any atom is -0.00204 e. The second-order valence-corrected chi connectivity index (χ2v) is 8.50. The molecule has 0 heterocycles. The van der Waals surface area contributed by atoms with E-state index in [1.807, 2.05) is 0 Å². The number of nitrogens with one attached hydrogen (secondary N) is 2. The van der Waals surface area contributed by atoms with Gasteiger partial charge in [0.1, 0.15) is 0 Å². The Bertz CT molecular complexity index is 254. The molecule has 2 heteroatoms. The van der Waals surface area contributed by atoms with Crippen molar-refractivity contribution in [3.8, 4) is 0 Å². The molecule has 0 bridgehead atoms. The minimum Gasteiger partial charge on any atom is -0.316 e. The van der Waals surface area contributed by atoms with Gasteiger partial charge in [-0.1, -0.05) is 25.7 Å². The first-order valence-electron chi connectivity index (χ1n) is 10.3. The van der Waals surface area contributed by atoms with Crippen molar-refractivity contribution in [2.24, 2.45) is 23.7 Å². The third-order valence-electron chi connectivity index (χ3n) is 6.65. The van der Waals surface area contributed by atoms with Gasteiger partial charge in [0.15, 0.2) is 0 Å². The predicted molar refractivity (Wildman–Crippen MR) is 95.1 cm³/mol. The second-order valence-electron chi connectivity index (χ2n) is 8.50. The Morgan fingerprint density at radius 2 is 0.682 bits per heavy atom. The van der Waals surface area contributed by atoms with Crippen molar-refractivity contribution in [2.75, 3.05) is 26.2 Å². The van der Waals surface area contributed by atoms with Crippen LogP contribution in [0.4, 0.5) is 0 Å². The summed E-state index contributed by atoms with van der Waals surface area (Å²) in [5.41, 5.74) is 0. The third kappa shape index (κ3) is 5.53. The van der Waals surface area contributed by atoms with E-state index in [0.717, 1.165) is 23.7 Å². The average Bonchev–Trinajstić information content (AvgIpc) is 3.22. The zero-order valence-corrected chi connectivity index (χ0v) is 14.6. The molecule has 0 aliphatic heterocycles. The van der Waals surface area contributed by atoms with Gasteiger partial charge in [0.2, 0.25) is 0 Å². The van der Waals surface area contributed by atoms with Gasteiger partial charge in [-0.15, -0.1) is 0 Å². The van der Waals surface area contributed by atoms with Crippen LogP contribution in [0, 0.1) is 23.7 Å². The first-order chi connectivity index (χ1) is 10.9. The van der Waals surface area contributed by atoms with Crippen molar-refractivity contribution in [1.82, 2.24) is 10.6 Å². The maximum atomic E-state index is 3.78. The molecule has 2 N–H and O–H groups in total. The fourth-order valence-corrected chi connectivity index (χ4v) is 5.05. The molecule has 3 saturated carbocycles. The van der Waals surface area contributed by atoms with Crippen LogP contribution in [0.15, 0.2) is 0 Å². The Morgan fingerprint density at radius 3 is 1.00 bits per heavy atom. The van der Waals surface area contributed by atoms with E-state index in [0.29, 0.717) is 0 Å². The standard InChI is InChI=1S/C20H38N2/c1-2-6-17(5-1)13-21-15-19-9-11-20(12-10-19)16-22-14-18-7-3-4-8-18/h17-22H,1-16H2. The van der Waals surface area contributed by atoms with Crippen molar-refractivity contribution in [2.45, 2.75) is 77.0 Å². The Labute approximate surface area is 138 Å². The SMILES string of the molecule is C1CCC(CNCC2CCC(CNCC3CCCC3)CC2)C1. The topological polar surface area (TPSA) is 24.1 Å². The monoisotopic (exact) mass is 306 g/mol. The molecule has 0 radical (unpaired) electrons. The van der Waals surface area contributed by atoms with E-state index in [1.165, 1.54) is 103 Å². The fraction of sp³-hybridized carbons (Fsp3) is 1.00. The summed E-state index contributed by atoms with van der Waals surface area (Å²) in [5.74, 6) is 3.92. The normalized spacial score (nSPS) is 31.1. The Hall–Kier alpha value is -0.0800. The van der Waals surface area contributed by atoms with E-state index < -0.39 is 0 Å². The molecular weight excluding hydrogens is 268 g/mol. The van der Waals surface area contributed by atoms with Crippen LogP contribution in [-0.4, -0.2) is 26.2 Å². The summed E-state index contributed by atoms with van der Waals surface area (Å²) in [7, 11) is 0. The van der Waals surface area contributed by atoms with Crippen LogP contribution in [0.2, 0.25) is 0 Å². The van der Waals surface area contributed by atoms with Gasteiger partial charge in [0, 0.05) is 0 Å². The summed E-state index contributed by atoms with van der Waals surface area (Å²) in [4.78, 5) is 0. The van der Waals surface area contributed by atoms with Crippen molar-refractivity contribution >= 4 is 0 Å². The Balaban J connectivity index is 1.19. The minimum atomic E-state index is 0.965. The molecule has 0 aromatic carbocycles. The molecule has 3 aliphatic carbocycles. The molecule has 0 aromatic rings. The Morgan fingerprint density at radius 1 is 0.409 bits per heavy atom. The van der Waals surface area contributed by atoms with Gasteiger partial charge >= 0.3 is 0 Å². The van der Waals surface area contributed by atoms with Crippen LogP contribution in [0.3, 0.4) is 0 Å². The number of hydrogen-bond acceptors (Lipinski definition) is 2. The highest BCUT2D eigenvalue weighted by atomic mass is 14.9. The average molecular weight is 307 g/mol. The zero-order chi connectivity index (χ0) is 15.0. The van der Waals surface area contributed by atoms with Crippen molar-refractivity contribution in [1.29, 1.82) is 0 Å². The second kappa shape index (κ2) is 9.27. The summed E-state index contributed by atoms with van der Waals surface area (Å²) < 4.78 is 0. The molecule has 3 rings (SSSR count). The highest BCUT2D eigenvalue weighted by Gasteiger charge is 2.22. The minimum absolute atomic E-state index is 0.965. The van der Waals surface area contributed by atoms with Gasteiger partial charge < -0.3 is 10.6 Å². The lowest BCUT2D eigenvalue weighted by Crippen LogP contribution is -2.33.